The summed E-state index contributed by atoms with van der Waals surface area (Å²) in [5.41, 5.74) is 0.279. The van der Waals surface area contributed by atoms with Crippen LogP contribution in [-0.4, -0.2) is 29.7 Å². The van der Waals surface area contributed by atoms with E-state index < -0.39 is 37.6 Å². The van der Waals surface area contributed by atoms with Gasteiger partial charge in [-0.25, -0.2) is 0 Å². The first-order valence-corrected chi connectivity index (χ1v) is 7.13. The summed E-state index contributed by atoms with van der Waals surface area (Å²) in [7, 11) is 0. The van der Waals surface area contributed by atoms with E-state index in [0.717, 1.165) is 5.39 Å². The fraction of sp³-hybridized carbons (Fsp3) is 0.421. The summed E-state index contributed by atoms with van der Waals surface area (Å²) in [6.07, 6.45) is -5.84. The Balaban J connectivity index is 2.18. The van der Waals surface area contributed by atoms with Crippen LogP contribution < -0.4 is 0 Å². The predicted octanol–water partition coefficient (Wildman–Crippen LogP) is 4.29. The van der Waals surface area contributed by atoms with Gasteiger partial charge in [-0.05, 0) is 42.9 Å². The van der Waals surface area contributed by atoms with Crippen molar-refractivity contribution in [2.45, 2.75) is 38.6 Å². The lowest BCUT2D eigenvalue weighted by atomic mass is 9.94. The minimum absolute atomic E-state index is 0.0627. The molecule has 1 atom stereocenters. The highest BCUT2D eigenvalue weighted by Crippen LogP contribution is 2.24. The summed E-state index contributed by atoms with van der Waals surface area (Å²) in [5.74, 6) is -0.551. The van der Waals surface area contributed by atoms with Crippen molar-refractivity contribution >= 4 is 16.6 Å². The number of hydrogen-bond acceptors (Lipinski definition) is 2. The largest absolute Gasteiger partial charge is 0.293 e. The van der Waals surface area contributed by atoms with Crippen LogP contribution in [0.3, 0.4) is 0 Å². The van der Waals surface area contributed by atoms with E-state index in [1.54, 1.807) is 31.2 Å². The van der Waals surface area contributed by atoms with Crippen LogP contribution in [0.15, 0.2) is 42.5 Å². The van der Waals surface area contributed by atoms with Crippen LogP contribution in [0.4, 0.5) is 0 Å². The van der Waals surface area contributed by atoms with Crippen molar-refractivity contribution in [1.29, 1.82) is 0 Å². The van der Waals surface area contributed by atoms with Crippen LogP contribution in [0.2, 0.25) is 0 Å². The zero-order valence-electron chi connectivity index (χ0n) is 19.9. The first-order chi connectivity index (χ1) is 13.3. The molecule has 1 aliphatic heterocycles. The molecule has 1 unspecified atom stereocenters. The van der Waals surface area contributed by atoms with Gasteiger partial charge in [-0.15, -0.1) is 0 Å². The number of hydrogen-bond donors (Lipinski definition) is 0. The molecule has 1 aliphatic rings. The van der Waals surface area contributed by atoms with Crippen molar-refractivity contribution in [1.82, 2.24) is 4.90 Å². The molecule has 2 heteroatoms. The fourth-order valence-corrected chi connectivity index (χ4v) is 2.63. The van der Waals surface area contributed by atoms with E-state index in [1.807, 2.05) is 18.2 Å². The SMILES string of the molecule is [2H]C1([2H])N(C(CCC)C(=O)c2cccc3ccccc23)C([2H])([2H])C([2H])([2H])C1([2H])[2H]. The Morgan fingerprint density at radius 3 is 2.67 bits per heavy atom. The Morgan fingerprint density at radius 1 is 1.19 bits per heavy atom. The quantitative estimate of drug-likeness (QED) is 0.765. The first-order valence-electron chi connectivity index (χ1n) is 11.1. The molecular formula is C19H23NO. The van der Waals surface area contributed by atoms with Crippen molar-refractivity contribution in [2.75, 3.05) is 13.0 Å². The molecule has 2 nitrogen and oxygen atoms in total. The molecular weight excluding hydrogens is 258 g/mol. The van der Waals surface area contributed by atoms with Gasteiger partial charge in [-0.2, -0.15) is 0 Å². The standard InChI is InChI=1S/C19H23NO/c1-2-8-18(20-13-5-6-14-20)19(21)17-12-7-10-15-9-3-4-11-16(15)17/h3-4,7,9-12,18H,2,5-6,8,13-14H2,1H3/i5D2,6D2,13D2,14D2. The van der Waals surface area contributed by atoms with Crippen molar-refractivity contribution in [3.63, 3.8) is 0 Å². The average molecular weight is 289 g/mol. The Labute approximate surface area is 138 Å². The minimum Gasteiger partial charge on any atom is -0.293 e. The second-order valence-electron chi connectivity index (χ2n) is 5.04. The molecule has 0 radical (unpaired) electrons. The van der Waals surface area contributed by atoms with Crippen LogP contribution in [0.1, 0.15) is 53.8 Å². The highest BCUT2D eigenvalue weighted by atomic mass is 16.1. The first kappa shape index (κ1) is 7.55. The van der Waals surface area contributed by atoms with E-state index in [0.29, 0.717) is 16.7 Å². The van der Waals surface area contributed by atoms with Crippen molar-refractivity contribution in [2.24, 2.45) is 0 Å². The molecule has 1 heterocycles. The summed E-state index contributed by atoms with van der Waals surface area (Å²) in [5, 5.41) is 1.43. The molecule has 1 saturated heterocycles. The summed E-state index contributed by atoms with van der Waals surface area (Å²) in [6, 6.07) is 10.9. The second kappa shape index (κ2) is 6.40. The van der Waals surface area contributed by atoms with E-state index in [2.05, 4.69) is 0 Å². The van der Waals surface area contributed by atoms with Gasteiger partial charge < -0.3 is 0 Å². The monoisotopic (exact) mass is 289 g/mol. The lowest BCUT2D eigenvalue weighted by Gasteiger charge is -2.26. The molecule has 2 aromatic rings. The molecule has 0 aromatic heterocycles. The summed E-state index contributed by atoms with van der Waals surface area (Å²) >= 11 is 0. The van der Waals surface area contributed by atoms with Gasteiger partial charge in [0.1, 0.15) is 0 Å². The number of ketones is 1. The smallest absolute Gasteiger partial charge is 0.180 e. The van der Waals surface area contributed by atoms with E-state index in [1.165, 1.54) is 0 Å². The number of rotatable bonds is 5. The number of Topliss-reactive ketones (excluding diaryl/α,β-unsaturated/α-hetero) is 1. The topological polar surface area (TPSA) is 20.3 Å². The summed E-state index contributed by atoms with van der Waals surface area (Å²) < 4.78 is 65.1. The maximum Gasteiger partial charge on any atom is 0.180 e. The zero-order valence-corrected chi connectivity index (χ0v) is 11.9. The maximum atomic E-state index is 13.5. The fourth-order valence-electron chi connectivity index (χ4n) is 2.63. The molecule has 0 saturated carbocycles. The third kappa shape index (κ3) is 2.86. The Hall–Kier alpha value is -1.67. The van der Waals surface area contributed by atoms with Crippen LogP contribution >= 0.6 is 0 Å². The van der Waals surface area contributed by atoms with Gasteiger partial charge in [-0.1, -0.05) is 55.8 Å². The van der Waals surface area contributed by atoms with E-state index in [9.17, 15) is 4.79 Å². The lowest BCUT2D eigenvalue weighted by molar-refractivity contribution is 0.0839. The van der Waals surface area contributed by atoms with Crippen LogP contribution in [0, 0.1) is 0 Å². The van der Waals surface area contributed by atoms with Gasteiger partial charge in [0.25, 0.3) is 0 Å². The highest BCUT2D eigenvalue weighted by molar-refractivity contribution is 6.10. The van der Waals surface area contributed by atoms with Crippen molar-refractivity contribution in [3.05, 3.63) is 48.0 Å². The highest BCUT2D eigenvalue weighted by Gasteiger charge is 2.28. The molecule has 0 bridgehead atoms. The van der Waals surface area contributed by atoms with E-state index >= 15 is 0 Å². The maximum absolute atomic E-state index is 13.5. The Bertz CT molecular complexity index is 911. The molecule has 3 rings (SSSR count). The lowest BCUT2D eigenvalue weighted by Crippen LogP contribution is -2.39. The summed E-state index contributed by atoms with van der Waals surface area (Å²) in [4.78, 5) is 14.0. The van der Waals surface area contributed by atoms with E-state index in [-0.39, 0.29) is 12.0 Å². The molecule has 1 fully saturated rings. The normalized spacial score (nSPS) is 32.4. The number of likely N-dealkylation sites (tertiary alicyclic amines) is 1. The number of fused-ring (bicyclic) bond motifs is 1. The molecule has 2 aromatic carbocycles. The molecule has 0 aliphatic carbocycles. The average Bonchev–Trinajstić information content (AvgIpc) is 2.72. The van der Waals surface area contributed by atoms with Crippen molar-refractivity contribution in [3.8, 4) is 0 Å². The van der Waals surface area contributed by atoms with Gasteiger partial charge in [0.05, 0.1) is 6.04 Å². The van der Waals surface area contributed by atoms with Crippen LogP contribution in [0.25, 0.3) is 10.8 Å². The molecule has 0 amide bonds. The molecule has 110 valence electrons. The Morgan fingerprint density at radius 2 is 1.90 bits per heavy atom. The number of benzene rings is 2. The van der Waals surface area contributed by atoms with E-state index in [4.69, 9.17) is 11.0 Å². The van der Waals surface area contributed by atoms with Crippen LogP contribution in [-0.2, 0) is 0 Å². The third-order valence-corrected chi connectivity index (χ3v) is 3.65. The molecule has 0 N–H and O–H groups in total. The molecule has 21 heavy (non-hydrogen) atoms. The number of carbonyl (C=O) groups excluding carboxylic acids is 1. The van der Waals surface area contributed by atoms with Gasteiger partial charge >= 0.3 is 0 Å². The second-order valence-corrected chi connectivity index (χ2v) is 5.04. The zero-order chi connectivity index (χ0) is 21.8. The number of carbonyl (C=O) groups is 1. The number of nitrogens with zero attached hydrogens (tertiary/aromatic N) is 1. The third-order valence-electron chi connectivity index (χ3n) is 3.65. The van der Waals surface area contributed by atoms with Gasteiger partial charge in [0.15, 0.2) is 5.78 Å². The minimum atomic E-state index is -3.16. The van der Waals surface area contributed by atoms with Gasteiger partial charge in [0, 0.05) is 16.5 Å². The van der Waals surface area contributed by atoms with Gasteiger partial charge in [0.2, 0.25) is 0 Å². The van der Waals surface area contributed by atoms with Crippen molar-refractivity contribution < 1.29 is 15.8 Å². The Kier molecular flexibility index (Phi) is 2.30. The van der Waals surface area contributed by atoms with Gasteiger partial charge in [-0.3, -0.25) is 9.69 Å². The van der Waals surface area contributed by atoms with Crippen LogP contribution in [0.5, 0.6) is 0 Å². The summed E-state index contributed by atoms with van der Waals surface area (Å²) in [6.45, 7) is -4.30. The predicted molar refractivity (Wildman–Crippen MR) is 87.8 cm³/mol. The molecule has 0 spiro atoms.